The van der Waals surface area contributed by atoms with Crippen LogP contribution in [0, 0.1) is 5.92 Å². The molecule has 94 valence electrons. The third-order valence-electron chi connectivity index (χ3n) is 3.66. The molecule has 0 spiro atoms. The van der Waals surface area contributed by atoms with Crippen LogP contribution in [-0.4, -0.2) is 12.8 Å². The number of thioether (sulfide) groups is 1. The summed E-state index contributed by atoms with van der Waals surface area (Å²) in [6.45, 7) is 1.15. The van der Waals surface area contributed by atoms with Crippen LogP contribution in [0.1, 0.15) is 38.5 Å². The second kappa shape index (κ2) is 6.95. The Hall–Kier alpha value is -0.630. The van der Waals surface area contributed by atoms with Crippen LogP contribution in [0.2, 0.25) is 0 Å². The summed E-state index contributed by atoms with van der Waals surface area (Å²) in [7, 11) is 0. The molecule has 17 heavy (non-hydrogen) atoms. The van der Waals surface area contributed by atoms with E-state index in [-0.39, 0.29) is 0 Å². The maximum Gasteiger partial charge on any atom is 0.0478 e. The standard InChI is InChI=1S/C15H23NS/c1-17-15-11-7-6-10-14(15)16-12-13-8-4-2-3-5-9-13/h6-7,10-11,13,16H,2-5,8-9,12H2,1H3. The van der Waals surface area contributed by atoms with E-state index in [0.29, 0.717) is 0 Å². The van der Waals surface area contributed by atoms with Crippen LogP contribution in [0.25, 0.3) is 0 Å². The maximum absolute atomic E-state index is 3.64. The Labute approximate surface area is 109 Å². The molecule has 1 fully saturated rings. The van der Waals surface area contributed by atoms with Crippen LogP contribution in [0.15, 0.2) is 29.2 Å². The van der Waals surface area contributed by atoms with Crippen LogP contribution in [0.3, 0.4) is 0 Å². The van der Waals surface area contributed by atoms with Gasteiger partial charge in [-0.25, -0.2) is 0 Å². The molecule has 0 heterocycles. The van der Waals surface area contributed by atoms with Crippen molar-refractivity contribution in [3.63, 3.8) is 0 Å². The van der Waals surface area contributed by atoms with Gasteiger partial charge in [0, 0.05) is 17.1 Å². The molecule has 0 saturated heterocycles. The molecule has 0 unspecified atom stereocenters. The van der Waals surface area contributed by atoms with E-state index < -0.39 is 0 Å². The SMILES string of the molecule is CSc1ccccc1NCC1CCCCCC1. The average molecular weight is 249 g/mol. The van der Waals surface area contributed by atoms with E-state index in [0.717, 1.165) is 12.5 Å². The third-order valence-corrected chi connectivity index (χ3v) is 4.46. The van der Waals surface area contributed by atoms with Crippen molar-refractivity contribution in [3.05, 3.63) is 24.3 Å². The van der Waals surface area contributed by atoms with Gasteiger partial charge in [-0.1, -0.05) is 37.8 Å². The van der Waals surface area contributed by atoms with Gasteiger partial charge >= 0.3 is 0 Å². The molecule has 1 aliphatic rings. The van der Waals surface area contributed by atoms with Gasteiger partial charge in [-0.15, -0.1) is 11.8 Å². The predicted octanol–water partition coefficient (Wildman–Crippen LogP) is 4.79. The van der Waals surface area contributed by atoms with Gasteiger partial charge in [-0.2, -0.15) is 0 Å². The normalized spacial score (nSPS) is 17.7. The van der Waals surface area contributed by atoms with E-state index in [4.69, 9.17) is 0 Å². The number of anilines is 1. The zero-order valence-corrected chi connectivity index (χ0v) is 11.6. The molecule has 2 heteroatoms. The van der Waals surface area contributed by atoms with Gasteiger partial charge in [0.1, 0.15) is 0 Å². The first-order valence-electron chi connectivity index (χ1n) is 6.77. The van der Waals surface area contributed by atoms with Gasteiger partial charge in [0.2, 0.25) is 0 Å². The minimum Gasteiger partial charge on any atom is -0.384 e. The maximum atomic E-state index is 3.64. The van der Waals surface area contributed by atoms with Crippen molar-refractivity contribution in [1.82, 2.24) is 0 Å². The second-order valence-electron chi connectivity index (χ2n) is 4.94. The highest BCUT2D eigenvalue weighted by molar-refractivity contribution is 7.98. The number of hydrogen-bond acceptors (Lipinski definition) is 2. The first kappa shape index (κ1) is 12.8. The lowest BCUT2D eigenvalue weighted by molar-refractivity contribution is 0.483. The quantitative estimate of drug-likeness (QED) is 0.608. The first-order valence-corrected chi connectivity index (χ1v) is 7.99. The molecule has 0 aromatic heterocycles. The van der Waals surface area contributed by atoms with E-state index in [1.54, 1.807) is 0 Å². The summed E-state index contributed by atoms with van der Waals surface area (Å²) in [6, 6.07) is 8.63. The molecule has 0 aliphatic heterocycles. The van der Waals surface area contributed by atoms with Crippen molar-refractivity contribution in [3.8, 4) is 0 Å². The van der Waals surface area contributed by atoms with Crippen LogP contribution in [-0.2, 0) is 0 Å². The van der Waals surface area contributed by atoms with Gasteiger partial charge < -0.3 is 5.32 Å². The second-order valence-corrected chi connectivity index (χ2v) is 5.79. The number of rotatable bonds is 4. The molecule has 1 N–H and O–H groups in total. The number of hydrogen-bond donors (Lipinski definition) is 1. The highest BCUT2D eigenvalue weighted by Crippen LogP contribution is 2.27. The molecule has 1 nitrogen and oxygen atoms in total. The van der Waals surface area contributed by atoms with Crippen molar-refractivity contribution in [2.75, 3.05) is 18.1 Å². The monoisotopic (exact) mass is 249 g/mol. The van der Waals surface area contributed by atoms with E-state index in [9.17, 15) is 0 Å². The Morgan fingerprint density at radius 1 is 1.12 bits per heavy atom. The van der Waals surface area contributed by atoms with Gasteiger partial charge in [-0.3, -0.25) is 0 Å². The molecule has 0 atom stereocenters. The Balaban J connectivity index is 1.87. The van der Waals surface area contributed by atoms with E-state index >= 15 is 0 Å². The summed E-state index contributed by atoms with van der Waals surface area (Å²) in [5.74, 6) is 0.882. The van der Waals surface area contributed by atoms with Crippen molar-refractivity contribution in [2.45, 2.75) is 43.4 Å². The Morgan fingerprint density at radius 2 is 1.82 bits per heavy atom. The van der Waals surface area contributed by atoms with Crippen molar-refractivity contribution in [2.24, 2.45) is 5.92 Å². The van der Waals surface area contributed by atoms with Gasteiger partial charge in [-0.05, 0) is 37.1 Å². The van der Waals surface area contributed by atoms with Crippen LogP contribution in [0.4, 0.5) is 5.69 Å². The third kappa shape index (κ3) is 3.95. The number of nitrogens with one attached hydrogen (secondary N) is 1. The van der Waals surface area contributed by atoms with Crippen molar-refractivity contribution < 1.29 is 0 Å². The smallest absolute Gasteiger partial charge is 0.0478 e. The summed E-state index contributed by atoms with van der Waals surface area (Å²) in [5.41, 5.74) is 1.31. The molecular weight excluding hydrogens is 226 g/mol. The van der Waals surface area contributed by atoms with Gasteiger partial charge in [0.05, 0.1) is 0 Å². The summed E-state index contributed by atoms with van der Waals surface area (Å²) in [4.78, 5) is 1.36. The Morgan fingerprint density at radius 3 is 2.53 bits per heavy atom. The Bertz CT molecular complexity index is 329. The summed E-state index contributed by atoms with van der Waals surface area (Å²) >= 11 is 1.82. The van der Waals surface area contributed by atoms with Crippen LogP contribution < -0.4 is 5.32 Å². The number of para-hydroxylation sites is 1. The predicted molar refractivity (Wildman–Crippen MR) is 77.9 cm³/mol. The van der Waals surface area contributed by atoms with E-state index in [1.807, 2.05) is 11.8 Å². The lowest BCUT2D eigenvalue weighted by atomic mass is 10.0. The topological polar surface area (TPSA) is 12.0 Å². The van der Waals surface area contributed by atoms with Crippen LogP contribution in [0.5, 0.6) is 0 Å². The molecule has 1 aromatic rings. The largest absolute Gasteiger partial charge is 0.384 e. The lowest BCUT2D eigenvalue weighted by Crippen LogP contribution is -2.13. The van der Waals surface area contributed by atoms with Gasteiger partial charge in [0.25, 0.3) is 0 Å². The van der Waals surface area contributed by atoms with E-state index in [1.165, 1.54) is 49.1 Å². The zero-order chi connectivity index (χ0) is 11.9. The first-order chi connectivity index (χ1) is 8.40. The van der Waals surface area contributed by atoms with E-state index in [2.05, 4.69) is 35.8 Å². The Kier molecular flexibility index (Phi) is 5.24. The number of benzene rings is 1. The minimum absolute atomic E-state index is 0.882. The highest BCUT2D eigenvalue weighted by atomic mass is 32.2. The summed E-state index contributed by atoms with van der Waals surface area (Å²) in [6.07, 6.45) is 10.7. The van der Waals surface area contributed by atoms with Crippen LogP contribution >= 0.6 is 11.8 Å². The summed E-state index contributed by atoms with van der Waals surface area (Å²) in [5, 5.41) is 3.64. The molecule has 0 bridgehead atoms. The molecule has 1 aliphatic carbocycles. The van der Waals surface area contributed by atoms with Crippen molar-refractivity contribution in [1.29, 1.82) is 0 Å². The highest BCUT2D eigenvalue weighted by Gasteiger charge is 2.12. The summed E-state index contributed by atoms with van der Waals surface area (Å²) < 4.78 is 0. The molecule has 1 saturated carbocycles. The minimum atomic E-state index is 0.882. The fourth-order valence-corrected chi connectivity index (χ4v) is 3.19. The molecule has 1 aromatic carbocycles. The fourth-order valence-electron chi connectivity index (χ4n) is 2.61. The van der Waals surface area contributed by atoms with Gasteiger partial charge in [0.15, 0.2) is 0 Å². The molecule has 0 radical (unpaired) electrons. The molecule has 2 rings (SSSR count). The average Bonchev–Trinajstić information content (AvgIpc) is 2.65. The lowest BCUT2D eigenvalue weighted by Gasteiger charge is -2.17. The zero-order valence-electron chi connectivity index (χ0n) is 10.7. The van der Waals surface area contributed by atoms with Crippen molar-refractivity contribution >= 4 is 17.4 Å². The molecular formula is C15H23NS. The fraction of sp³-hybridized carbons (Fsp3) is 0.600. The molecule has 0 amide bonds.